The predicted molar refractivity (Wildman–Crippen MR) is 72.1 cm³/mol. The molecule has 15 heavy (non-hydrogen) atoms. The van der Waals surface area contributed by atoms with Gasteiger partial charge in [0.05, 0.1) is 8.07 Å². The van der Waals surface area contributed by atoms with Gasteiger partial charge in [-0.3, -0.25) is 0 Å². The van der Waals surface area contributed by atoms with Gasteiger partial charge in [-0.1, -0.05) is 55.7 Å². The highest BCUT2D eigenvalue weighted by Crippen LogP contribution is 2.41. The number of hydrogen-bond acceptors (Lipinski definition) is 1. The second kappa shape index (κ2) is 4.50. The molecule has 0 amide bonds. The summed E-state index contributed by atoms with van der Waals surface area (Å²) in [5.41, 5.74) is 2.17. The van der Waals surface area contributed by atoms with Crippen LogP contribution in [0.1, 0.15) is 0 Å². The van der Waals surface area contributed by atoms with E-state index in [1.165, 1.54) is 0 Å². The molecule has 0 radical (unpaired) electrons. The molecule has 0 aromatic heterocycles. The average Bonchev–Trinajstić information content (AvgIpc) is 2.16. The Labute approximate surface area is 93.6 Å². The Bertz CT molecular complexity index is 390. The lowest BCUT2D eigenvalue weighted by Gasteiger charge is -2.12. The van der Waals surface area contributed by atoms with Crippen molar-refractivity contribution in [3.8, 4) is 0 Å². The summed E-state index contributed by atoms with van der Waals surface area (Å²) >= 11 is 0. The summed E-state index contributed by atoms with van der Waals surface area (Å²) in [5.74, 6) is 1.93. The summed E-state index contributed by atoms with van der Waals surface area (Å²) in [4.78, 5) is 0. The van der Waals surface area contributed by atoms with E-state index in [0.29, 0.717) is 0 Å². The molecule has 0 bridgehead atoms. The molecule has 0 saturated heterocycles. The van der Waals surface area contributed by atoms with E-state index in [1.54, 1.807) is 0 Å². The topological polar surface area (TPSA) is 17.1 Å². The van der Waals surface area contributed by atoms with Crippen molar-refractivity contribution in [1.29, 1.82) is 0 Å². The summed E-state index contributed by atoms with van der Waals surface area (Å²) in [6.07, 6.45) is 0. The van der Waals surface area contributed by atoms with E-state index < -0.39 is 15.2 Å². The predicted octanol–water partition coefficient (Wildman–Crippen LogP) is 3.70. The van der Waals surface area contributed by atoms with Crippen molar-refractivity contribution in [3.05, 3.63) is 41.8 Å². The van der Waals surface area contributed by atoms with Gasteiger partial charge in [0.25, 0.3) is 0 Å². The van der Waals surface area contributed by atoms with Crippen LogP contribution in [0.4, 0.5) is 0 Å². The highest BCUT2D eigenvalue weighted by Gasteiger charge is 2.16. The van der Waals surface area contributed by atoms with Crippen molar-refractivity contribution in [1.82, 2.24) is 0 Å². The maximum absolute atomic E-state index is 12.4. The molecule has 0 aliphatic heterocycles. The summed E-state index contributed by atoms with van der Waals surface area (Å²) in [6.45, 7) is 8.57. The molecule has 1 atom stereocenters. The molecule has 0 aliphatic carbocycles. The molecule has 0 saturated carbocycles. The first kappa shape index (κ1) is 12.5. The summed E-state index contributed by atoms with van der Waals surface area (Å²) in [7, 11) is -3.54. The van der Waals surface area contributed by atoms with Crippen LogP contribution in [0.15, 0.2) is 41.8 Å². The molecule has 3 heteroatoms. The zero-order valence-corrected chi connectivity index (χ0v) is 11.8. The van der Waals surface area contributed by atoms with Gasteiger partial charge in [0.2, 0.25) is 0 Å². The summed E-state index contributed by atoms with van der Waals surface area (Å²) in [5, 5.41) is 0.944. The third-order valence-electron chi connectivity index (χ3n) is 2.13. The van der Waals surface area contributed by atoms with E-state index in [2.05, 4.69) is 25.3 Å². The zero-order chi connectivity index (χ0) is 11.5. The molecule has 0 fully saturated rings. The maximum Gasteiger partial charge on any atom is 0.132 e. The Morgan fingerprint density at radius 3 is 2.13 bits per heavy atom. The minimum absolute atomic E-state index is 0.944. The van der Waals surface area contributed by atoms with E-state index in [4.69, 9.17) is 0 Å². The normalized spacial score (nSPS) is 16.5. The summed E-state index contributed by atoms with van der Waals surface area (Å²) in [6, 6.07) is 9.71. The van der Waals surface area contributed by atoms with Crippen molar-refractivity contribution in [3.63, 3.8) is 0 Å². The minimum atomic E-state index is -2.29. The van der Waals surface area contributed by atoms with Crippen LogP contribution in [-0.4, -0.2) is 14.7 Å². The van der Waals surface area contributed by atoms with Gasteiger partial charge in [-0.15, -0.1) is 0 Å². The SMILES string of the molecule is C[Si](C)(C)/C=C/P(C)(=O)c1ccccc1. The lowest BCUT2D eigenvalue weighted by Crippen LogP contribution is -2.15. The van der Waals surface area contributed by atoms with Crippen molar-refractivity contribution >= 4 is 20.5 Å². The average molecular weight is 238 g/mol. The first-order valence-electron chi connectivity index (χ1n) is 5.14. The van der Waals surface area contributed by atoms with E-state index >= 15 is 0 Å². The third-order valence-corrected chi connectivity index (χ3v) is 5.62. The lowest BCUT2D eigenvalue weighted by atomic mass is 10.4. The number of rotatable bonds is 3. The zero-order valence-electron chi connectivity index (χ0n) is 9.90. The Kier molecular flexibility index (Phi) is 3.75. The van der Waals surface area contributed by atoms with Gasteiger partial charge in [0.1, 0.15) is 7.14 Å². The minimum Gasteiger partial charge on any atom is -0.315 e. The monoisotopic (exact) mass is 238 g/mol. The molecular weight excluding hydrogens is 219 g/mol. The van der Waals surface area contributed by atoms with Crippen molar-refractivity contribution in [2.75, 3.05) is 6.66 Å². The highest BCUT2D eigenvalue weighted by molar-refractivity contribution is 7.73. The molecule has 0 spiro atoms. The molecule has 1 rings (SSSR count). The second-order valence-corrected chi connectivity index (χ2v) is 12.9. The maximum atomic E-state index is 12.4. The van der Waals surface area contributed by atoms with Gasteiger partial charge in [0.15, 0.2) is 0 Å². The first-order chi connectivity index (χ1) is 6.81. The highest BCUT2D eigenvalue weighted by atomic mass is 31.2. The van der Waals surface area contributed by atoms with Crippen LogP contribution in [0.3, 0.4) is 0 Å². The van der Waals surface area contributed by atoms with E-state index in [9.17, 15) is 4.57 Å². The molecule has 0 aliphatic rings. The molecule has 1 unspecified atom stereocenters. The molecule has 82 valence electrons. The largest absolute Gasteiger partial charge is 0.315 e. The van der Waals surface area contributed by atoms with E-state index in [1.807, 2.05) is 42.8 Å². The van der Waals surface area contributed by atoms with Gasteiger partial charge in [-0.05, 0) is 12.5 Å². The molecule has 0 heterocycles. The smallest absolute Gasteiger partial charge is 0.132 e. The van der Waals surface area contributed by atoms with Crippen LogP contribution >= 0.6 is 7.14 Å². The van der Waals surface area contributed by atoms with Crippen molar-refractivity contribution < 1.29 is 4.57 Å². The van der Waals surface area contributed by atoms with Gasteiger partial charge in [-0.2, -0.15) is 0 Å². The number of benzene rings is 1. The molecule has 1 aromatic carbocycles. The lowest BCUT2D eigenvalue weighted by molar-refractivity contribution is 0.590. The first-order valence-corrected chi connectivity index (χ1v) is 10.9. The standard InChI is InChI=1S/C12H19OPSi/c1-14(13,10-11-15(2,3)4)12-8-6-5-7-9-12/h5-11H,1-4H3/b11-10+. The summed E-state index contributed by atoms with van der Waals surface area (Å²) < 4.78 is 12.4. The van der Waals surface area contributed by atoms with Crippen LogP contribution in [0, 0.1) is 0 Å². The van der Waals surface area contributed by atoms with Gasteiger partial charge in [0, 0.05) is 5.30 Å². The van der Waals surface area contributed by atoms with Crippen LogP contribution in [-0.2, 0) is 4.57 Å². The van der Waals surface area contributed by atoms with Crippen molar-refractivity contribution in [2.24, 2.45) is 0 Å². The van der Waals surface area contributed by atoms with Crippen LogP contribution in [0.2, 0.25) is 19.6 Å². The van der Waals surface area contributed by atoms with Gasteiger partial charge >= 0.3 is 0 Å². The van der Waals surface area contributed by atoms with Crippen LogP contribution < -0.4 is 5.30 Å². The number of hydrogen-bond donors (Lipinski definition) is 0. The molecule has 0 N–H and O–H groups in total. The Balaban J connectivity index is 2.95. The fourth-order valence-corrected chi connectivity index (χ4v) is 5.04. The van der Waals surface area contributed by atoms with Crippen LogP contribution in [0.25, 0.3) is 0 Å². The fraction of sp³-hybridized carbons (Fsp3) is 0.333. The Morgan fingerprint density at radius 2 is 1.67 bits per heavy atom. The van der Waals surface area contributed by atoms with Crippen molar-refractivity contribution in [2.45, 2.75) is 19.6 Å². The quantitative estimate of drug-likeness (QED) is 0.579. The third kappa shape index (κ3) is 4.19. The van der Waals surface area contributed by atoms with E-state index in [-0.39, 0.29) is 0 Å². The molecule has 1 aromatic rings. The van der Waals surface area contributed by atoms with Crippen LogP contribution in [0.5, 0.6) is 0 Å². The van der Waals surface area contributed by atoms with E-state index in [0.717, 1.165) is 5.30 Å². The fourth-order valence-electron chi connectivity index (χ4n) is 1.18. The van der Waals surface area contributed by atoms with Gasteiger partial charge < -0.3 is 4.57 Å². The van der Waals surface area contributed by atoms with Gasteiger partial charge in [-0.25, -0.2) is 0 Å². The second-order valence-electron chi connectivity index (χ2n) is 5.01. The molecular formula is C12H19OPSi. The Morgan fingerprint density at radius 1 is 1.13 bits per heavy atom. The molecule has 1 nitrogen and oxygen atoms in total. The Hall–Kier alpha value is -0.593.